The Morgan fingerprint density at radius 1 is 1.36 bits per heavy atom. The van der Waals surface area contributed by atoms with Crippen molar-refractivity contribution < 1.29 is 9.53 Å². The Bertz CT molecular complexity index is 1110. The number of rotatable bonds is 4. The Hall–Kier alpha value is -3.92. The molecule has 7 nitrogen and oxygen atoms in total. The highest BCUT2D eigenvalue weighted by molar-refractivity contribution is 6.06. The zero-order valence-corrected chi connectivity index (χ0v) is 15.3. The summed E-state index contributed by atoms with van der Waals surface area (Å²) in [5.41, 5.74) is 10.8. The number of carbonyl (C=O) groups excluding carboxylic acids is 1. The van der Waals surface area contributed by atoms with Gasteiger partial charge in [-0.15, -0.1) is 6.42 Å². The first-order valence-electron chi connectivity index (χ1n) is 8.78. The first-order chi connectivity index (χ1) is 13.6. The average molecular weight is 373 g/mol. The number of aromatic amines is 1. The minimum Gasteiger partial charge on any atom is -0.493 e. The number of terminal acetylenes is 1. The van der Waals surface area contributed by atoms with Crippen LogP contribution in [0.3, 0.4) is 0 Å². The fraction of sp³-hybridized carbons (Fsp3) is 0.143. The van der Waals surface area contributed by atoms with Gasteiger partial charge < -0.3 is 26.1 Å². The molecule has 0 saturated heterocycles. The van der Waals surface area contributed by atoms with Crippen LogP contribution in [0.15, 0.2) is 36.5 Å². The topological polar surface area (TPSA) is 105 Å². The Morgan fingerprint density at radius 2 is 2.21 bits per heavy atom. The van der Waals surface area contributed by atoms with Crippen molar-refractivity contribution in [1.82, 2.24) is 15.3 Å². The van der Waals surface area contributed by atoms with Crippen LogP contribution < -0.4 is 21.1 Å². The number of H-pyrrole nitrogens is 1. The fourth-order valence-electron chi connectivity index (χ4n) is 3.43. The van der Waals surface area contributed by atoms with Gasteiger partial charge in [-0.1, -0.05) is 12.0 Å². The first kappa shape index (κ1) is 17.5. The van der Waals surface area contributed by atoms with E-state index in [0.717, 1.165) is 17.0 Å². The highest BCUT2D eigenvalue weighted by Gasteiger charge is 2.27. The lowest BCUT2D eigenvalue weighted by molar-refractivity contribution is 0.0947. The number of methoxy groups -OCH3 is 1. The van der Waals surface area contributed by atoms with E-state index in [1.807, 2.05) is 18.2 Å². The number of fused-ring (bicyclic) bond motifs is 1. The number of nitrogens with zero attached hydrogens (tertiary/aromatic N) is 1. The summed E-state index contributed by atoms with van der Waals surface area (Å²) in [5, 5.41) is 6.24. The molecule has 0 bridgehead atoms. The van der Waals surface area contributed by atoms with E-state index in [1.165, 1.54) is 0 Å². The van der Waals surface area contributed by atoms with E-state index in [1.54, 1.807) is 25.4 Å². The highest BCUT2D eigenvalue weighted by atomic mass is 16.5. The smallest absolute Gasteiger partial charge is 0.255 e. The van der Waals surface area contributed by atoms with E-state index >= 15 is 0 Å². The van der Waals surface area contributed by atoms with Crippen LogP contribution in [0.1, 0.15) is 21.6 Å². The third-order valence-corrected chi connectivity index (χ3v) is 4.67. The van der Waals surface area contributed by atoms with Crippen molar-refractivity contribution in [3.63, 3.8) is 0 Å². The van der Waals surface area contributed by atoms with Gasteiger partial charge in [-0.05, 0) is 24.3 Å². The van der Waals surface area contributed by atoms with Crippen LogP contribution in [0.25, 0.3) is 11.3 Å². The molecule has 0 aliphatic carbocycles. The van der Waals surface area contributed by atoms with E-state index in [9.17, 15) is 4.79 Å². The van der Waals surface area contributed by atoms with Gasteiger partial charge in [-0.2, -0.15) is 0 Å². The van der Waals surface area contributed by atoms with Crippen molar-refractivity contribution in [3.8, 4) is 29.4 Å². The van der Waals surface area contributed by atoms with Crippen molar-refractivity contribution in [2.24, 2.45) is 0 Å². The maximum absolute atomic E-state index is 12.6. The summed E-state index contributed by atoms with van der Waals surface area (Å²) in [6.07, 6.45) is 7.93. The van der Waals surface area contributed by atoms with Crippen molar-refractivity contribution in [2.75, 3.05) is 24.7 Å². The van der Waals surface area contributed by atoms with Crippen LogP contribution in [-0.4, -0.2) is 29.5 Å². The largest absolute Gasteiger partial charge is 0.493 e. The molecule has 0 atom stereocenters. The number of amides is 1. The van der Waals surface area contributed by atoms with Gasteiger partial charge >= 0.3 is 0 Å². The Kier molecular flexibility index (Phi) is 4.38. The number of pyridine rings is 1. The molecule has 0 spiro atoms. The second-order valence-electron chi connectivity index (χ2n) is 6.36. The van der Waals surface area contributed by atoms with Gasteiger partial charge in [-0.3, -0.25) is 4.79 Å². The number of nitrogen functional groups attached to an aromatic ring is 1. The second kappa shape index (κ2) is 7.00. The molecule has 0 fully saturated rings. The van der Waals surface area contributed by atoms with E-state index in [-0.39, 0.29) is 5.91 Å². The maximum Gasteiger partial charge on any atom is 0.255 e. The van der Waals surface area contributed by atoms with Crippen LogP contribution >= 0.6 is 0 Å². The molecule has 2 aromatic heterocycles. The third kappa shape index (κ3) is 2.91. The summed E-state index contributed by atoms with van der Waals surface area (Å²) < 4.78 is 5.51. The number of hydrogen-bond donors (Lipinski definition) is 4. The van der Waals surface area contributed by atoms with Gasteiger partial charge in [0.25, 0.3) is 5.91 Å². The monoisotopic (exact) mass is 373 g/mol. The van der Waals surface area contributed by atoms with Crippen LogP contribution in [0, 0.1) is 12.3 Å². The minimum absolute atomic E-state index is 0.139. The second-order valence-corrected chi connectivity index (χ2v) is 6.36. The molecule has 3 aromatic rings. The first-order valence-corrected chi connectivity index (χ1v) is 8.78. The SMILES string of the molecule is C#Cc1cccc(Nc2c(-c3ccnc(N)c3)[nH]c3c2C(=O)NCC3)c1OC. The normalized spacial score (nSPS) is 12.6. The van der Waals surface area contributed by atoms with Crippen LogP contribution in [0.2, 0.25) is 0 Å². The number of nitrogens with two attached hydrogens (primary N) is 1. The lowest BCUT2D eigenvalue weighted by atomic mass is 10.0. The predicted octanol–water partition coefficient (Wildman–Crippen LogP) is 2.68. The summed E-state index contributed by atoms with van der Waals surface area (Å²) in [5.74, 6) is 3.41. The standard InChI is InChI=1S/C21H19N5O2/c1-3-12-5-4-6-15(20(12)28-2)26-19-17-14(8-10-24-21(17)27)25-18(19)13-7-9-23-16(22)11-13/h1,4-7,9,11,25-26H,8,10H2,2H3,(H2,22,23)(H,24,27). The number of nitrogens with one attached hydrogen (secondary N) is 3. The third-order valence-electron chi connectivity index (χ3n) is 4.67. The molecule has 0 radical (unpaired) electrons. The van der Waals surface area contributed by atoms with Gasteiger partial charge in [0, 0.05) is 30.4 Å². The number of aromatic nitrogens is 2. The van der Waals surface area contributed by atoms with Crippen molar-refractivity contribution >= 4 is 23.1 Å². The number of carbonyl (C=O) groups is 1. The van der Waals surface area contributed by atoms with E-state index in [4.69, 9.17) is 16.9 Å². The van der Waals surface area contributed by atoms with E-state index < -0.39 is 0 Å². The highest BCUT2D eigenvalue weighted by Crippen LogP contribution is 2.39. The zero-order valence-electron chi connectivity index (χ0n) is 15.3. The average Bonchev–Trinajstić information content (AvgIpc) is 3.07. The number of hydrogen-bond acceptors (Lipinski definition) is 5. The molecule has 4 rings (SSSR count). The molecule has 0 saturated carbocycles. The van der Waals surface area contributed by atoms with Gasteiger partial charge in [0.05, 0.1) is 35.3 Å². The van der Waals surface area contributed by atoms with Gasteiger partial charge in [0.2, 0.25) is 0 Å². The molecule has 5 N–H and O–H groups in total. The van der Waals surface area contributed by atoms with Gasteiger partial charge in [0.15, 0.2) is 5.75 Å². The van der Waals surface area contributed by atoms with Gasteiger partial charge in [0.1, 0.15) is 5.82 Å². The van der Waals surface area contributed by atoms with Crippen molar-refractivity contribution in [1.29, 1.82) is 0 Å². The summed E-state index contributed by atoms with van der Waals surface area (Å²) in [6, 6.07) is 9.09. The molecular weight excluding hydrogens is 354 g/mol. The van der Waals surface area contributed by atoms with Gasteiger partial charge in [-0.25, -0.2) is 4.98 Å². The Morgan fingerprint density at radius 3 is 2.96 bits per heavy atom. The molecule has 0 unspecified atom stereocenters. The Balaban J connectivity index is 1.90. The van der Waals surface area contributed by atoms with Crippen molar-refractivity contribution in [2.45, 2.75) is 6.42 Å². The van der Waals surface area contributed by atoms with Crippen LogP contribution in [-0.2, 0) is 6.42 Å². The summed E-state index contributed by atoms with van der Waals surface area (Å²) in [7, 11) is 1.56. The maximum atomic E-state index is 12.6. The lowest BCUT2D eigenvalue weighted by Crippen LogP contribution is -2.31. The fourth-order valence-corrected chi connectivity index (χ4v) is 3.43. The molecule has 1 aliphatic rings. The van der Waals surface area contributed by atoms with Crippen LogP contribution in [0.5, 0.6) is 5.75 Å². The molecule has 7 heteroatoms. The van der Waals surface area contributed by atoms with Crippen molar-refractivity contribution in [3.05, 3.63) is 53.3 Å². The van der Waals surface area contributed by atoms with E-state index in [0.29, 0.717) is 47.0 Å². The number of anilines is 3. The molecule has 1 aliphatic heterocycles. The molecule has 140 valence electrons. The molecule has 1 amide bonds. The number of ether oxygens (including phenoxy) is 1. The predicted molar refractivity (Wildman–Crippen MR) is 109 cm³/mol. The summed E-state index contributed by atoms with van der Waals surface area (Å²) in [6.45, 7) is 0.583. The summed E-state index contributed by atoms with van der Waals surface area (Å²) >= 11 is 0. The lowest BCUT2D eigenvalue weighted by Gasteiger charge is -2.17. The zero-order chi connectivity index (χ0) is 19.7. The molecule has 28 heavy (non-hydrogen) atoms. The Labute approximate surface area is 162 Å². The molecular formula is C21H19N5O2. The van der Waals surface area contributed by atoms with E-state index in [2.05, 4.69) is 26.5 Å². The quantitative estimate of drug-likeness (QED) is 0.526. The summed E-state index contributed by atoms with van der Waals surface area (Å²) in [4.78, 5) is 20.0. The molecule has 1 aromatic carbocycles. The number of benzene rings is 1. The van der Waals surface area contributed by atoms with Crippen LogP contribution in [0.4, 0.5) is 17.2 Å². The number of para-hydroxylation sites is 1. The molecule has 3 heterocycles. The minimum atomic E-state index is -0.139.